The van der Waals surface area contributed by atoms with Gasteiger partial charge in [-0.25, -0.2) is 0 Å². The van der Waals surface area contributed by atoms with Gasteiger partial charge in [0, 0.05) is 17.9 Å². The number of thioether (sulfide) groups is 1. The lowest BCUT2D eigenvalue weighted by Crippen LogP contribution is -2.28. The standard InChI is InChI=1S/C21H23ClN4O3S/c1-14-7-8-16(22)10-18(14)26-19(11-23-20(27)12-28-2)24-25-21(26)30-13-15-5-4-6-17(9-15)29-3/h4-10H,11-13H2,1-3H3,(H,23,27). The zero-order chi connectivity index (χ0) is 21.5. The van der Waals surface area contributed by atoms with E-state index in [0.29, 0.717) is 21.8 Å². The van der Waals surface area contributed by atoms with Crippen molar-refractivity contribution in [3.05, 3.63) is 64.4 Å². The molecule has 0 spiro atoms. The smallest absolute Gasteiger partial charge is 0.246 e. The predicted molar refractivity (Wildman–Crippen MR) is 117 cm³/mol. The zero-order valence-electron chi connectivity index (χ0n) is 17.0. The van der Waals surface area contributed by atoms with Crippen molar-refractivity contribution >= 4 is 29.3 Å². The summed E-state index contributed by atoms with van der Waals surface area (Å²) >= 11 is 7.80. The van der Waals surface area contributed by atoms with Gasteiger partial charge in [-0.2, -0.15) is 0 Å². The number of carbonyl (C=O) groups is 1. The number of carbonyl (C=O) groups excluding carboxylic acids is 1. The van der Waals surface area contributed by atoms with Crippen molar-refractivity contribution < 1.29 is 14.3 Å². The number of benzene rings is 2. The molecule has 2 aromatic carbocycles. The summed E-state index contributed by atoms with van der Waals surface area (Å²) in [7, 11) is 3.12. The molecule has 3 aromatic rings. The monoisotopic (exact) mass is 446 g/mol. The number of aromatic nitrogens is 3. The average Bonchev–Trinajstić information content (AvgIpc) is 3.15. The van der Waals surface area contributed by atoms with Crippen molar-refractivity contribution in [1.82, 2.24) is 20.1 Å². The van der Waals surface area contributed by atoms with Crippen molar-refractivity contribution in [2.24, 2.45) is 0 Å². The van der Waals surface area contributed by atoms with Crippen LogP contribution < -0.4 is 10.1 Å². The van der Waals surface area contributed by atoms with Crippen LogP contribution in [0.2, 0.25) is 5.02 Å². The minimum Gasteiger partial charge on any atom is -0.497 e. The molecule has 0 fully saturated rings. The minimum absolute atomic E-state index is 0.0121. The van der Waals surface area contributed by atoms with Crippen molar-refractivity contribution in [2.45, 2.75) is 24.4 Å². The molecule has 3 rings (SSSR count). The highest BCUT2D eigenvalue weighted by molar-refractivity contribution is 7.98. The molecule has 158 valence electrons. The lowest BCUT2D eigenvalue weighted by Gasteiger charge is -2.14. The molecule has 0 aliphatic rings. The number of hydrogen-bond donors (Lipinski definition) is 1. The van der Waals surface area contributed by atoms with Crippen molar-refractivity contribution in [3.8, 4) is 11.4 Å². The first-order valence-corrected chi connectivity index (χ1v) is 10.6. The van der Waals surface area contributed by atoms with E-state index in [1.54, 1.807) is 18.9 Å². The molecule has 0 aliphatic heterocycles. The van der Waals surface area contributed by atoms with E-state index in [-0.39, 0.29) is 19.1 Å². The van der Waals surface area contributed by atoms with Crippen LogP contribution >= 0.6 is 23.4 Å². The number of halogens is 1. The number of nitrogens with zero attached hydrogens (tertiary/aromatic N) is 3. The number of nitrogens with one attached hydrogen (secondary N) is 1. The van der Waals surface area contributed by atoms with E-state index in [0.717, 1.165) is 22.6 Å². The van der Waals surface area contributed by atoms with Crippen LogP contribution in [-0.2, 0) is 21.8 Å². The molecule has 0 atom stereocenters. The molecule has 1 amide bonds. The van der Waals surface area contributed by atoms with Gasteiger partial charge >= 0.3 is 0 Å². The Morgan fingerprint density at radius 2 is 2.03 bits per heavy atom. The summed E-state index contributed by atoms with van der Waals surface area (Å²) in [5, 5.41) is 12.8. The van der Waals surface area contributed by atoms with E-state index < -0.39 is 0 Å². The average molecular weight is 447 g/mol. The van der Waals surface area contributed by atoms with Crippen LogP contribution in [0.15, 0.2) is 47.6 Å². The summed E-state index contributed by atoms with van der Waals surface area (Å²) in [6.45, 7) is 2.21. The Morgan fingerprint density at radius 1 is 1.20 bits per heavy atom. The van der Waals surface area contributed by atoms with Gasteiger partial charge < -0.3 is 14.8 Å². The lowest BCUT2D eigenvalue weighted by molar-refractivity contribution is -0.124. The maximum Gasteiger partial charge on any atom is 0.246 e. The Morgan fingerprint density at radius 3 is 2.80 bits per heavy atom. The van der Waals surface area contributed by atoms with Crippen LogP contribution in [0.1, 0.15) is 17.0 Å². The van der Waals surface area contributed by atoms with Gasteiger partial charge in [0.15, 0.2) is 11.0 Å². The molecule has 1 N–H and O–H groups in total. The number of aryl methyl sites for hydroxylation is 1. The Hall–Kier alpha value is -2.55. The van der Waals surface area contributed by atoms with Gasteiger partial charge in [0.25, 0.3) is 0 Å². The van der Waals surface area contributed by atoms with E-state index >= 15 is 0 Å². The van der Waals surface area contributed by atoms with Gasteiger partial charge in [0.2, 0.25) is 5.91 Å². The van der Waals surface area contributed by atoms with Crippen LogP contribution in [0.25, 0.3) is 5.69 Å². The molecule has 1 aromatic heterocycles. The normalized spacial score (nSPS) is 10.8. The fourth-order valence-corrected chi connectivity index (χ4v) is 3.92. The molecule has 0 unspecified atom stereocenters. The molecule has 30 heavy (non-hydrogen) atoms. The summed E-state index contributed by atoms with van der Waals surface area (Å²) in [5.74, 6) is 1.88. The first-order chi connectivity index (χ1) is 14.5. The molecule has 0 bridgehead atoms. The molecule has 0 saturated carbocycles. The second-order valence-corrected chi connectivity index (χ2v) is 7.89. The SMILES string of the molecule is COCC(=O)NCc1nnc(SCc2cccc(OC)c2)n1-c1cc(Cl)ccc1C. The van der Waals surface area contributed by atoms with Crippen molar-refractivity contribution in [2.75, 3.05) is 20.8 Å². The van der Waals surface area contributed by atoms with Gasteiger partial charge in [-0.3, -0.25) is 9.36 Å². The maximum absolute atomic E-state index is 11.8. The van der Waals surface area contributed by atoms with Crippen LogP contribution in [0, 0.1) is 6.92 Å². The third kappa shape index (κ3) is 5.53. The molecular weight excluding hydrogens is 424 g/mol. The summed E-state index contributed by atoms with van der Waals surface area (Å²) in [6, 6.07) is 13.5. The van der Waals surface area contributed by atoms with E-state index in [2.05, 4.69) is 15.5 Å². The predicted octanol–water partition coefficient (Wildman–Crippen LogP) is 3.79. The van der Waals surface area contributed by atoms with Crippen LogP contribution in [0.3, 0.4) is 0 Å². The molecular formula is C21H23ClN4O3S. The molecule has 0 radical (unpaired) electrons. The second-order valence-electron chi connectivity index (χ2n) is 6.51. The topological polar surface area (TPSA) is 78.3 Å². The van der Waals surface area contributed by atoms with Gasteiger partial charge in [0.1, 0.15) is 12.4 Å². The Balaban J connectivity index is 1.90. The quantitative estimate of drug-likeness (QED) is 0.504. The molecule has 0 saturated heterocycles. The van der Waals surface area contributed by atoms with Crippen LogP contribution in [0.4, 0.5) is 0 Å². The first-order valence-electron chi connectivity index (χ1n) is 9.24. The van der Waals surface area contributed by atoms with Crippen molar-refractivity contribution in [1.29, 1.82) is 0 Å². The van der Waals surface area contributed by atoms with Gasteiger partial charge in [-0.1, -0.05) is 41.6 Å². The van der Waals surface area contributed by atoms with E-state index in [9.17, 15) is 4.79 Å². The zero-order valence-corrected chi connectivity index (χ0v) is 18.6. The summed E-state index contributed by atoms with van der Waals surface area (Å²) in [6.07, 6.45) is 0. The third-order valence-corrected chi connectivity index (χ3v) is 5.57. The molecule has 7 nitrogen and oxygen atoms in total. The highest BCUT2D eigenvalue weighted by Gasteiger charge is 2.17. The summed E-state index contributed by atoms with van der Waals surface area (Å²) < 4.78 is 12.1. The third-order valence-electron chi connectivity index (χ3n) is 4.33. The fraction of sp³-hybridized carbons (Fsp3) is 0.286. The van der Waals surface area contributed by atoms with E-state index in [1.807, 2.05) is 54.0 Å². The number of ether oxygens (including phenoxy) is 2. The van der Waals surface area contributed by atoms with E-state index in [1.165, 1.54) is 7.11 Å². The van der Waals surface area contributed by atoms with E-state index in [4.69, 9.17) is 21.1 Å². The molecule has 0 aliphatic carbocycles. The van der Waals surface area contributed by atoms with Crippen molar-refractivity contribution in [3.63, 3.8) is 0 Å². The molecule has 1 heterocycles. The second kappa shape index (κ2) is 10.5. The maximum atomic E-state index is 11.8. The minimum atomic E-state index is -0.222. The summed E-state index contributed by atoms with van der Waals surface area (Å²) in [5.41, 5.74) is 3.00. The van der Waals surface area contributed by atoms with Gasteiger partial charge in [-0.05, 0) is 42.3 Å². The highest BCUT2D eigenvalue weighted by Crippen LogP contribution is 2.29. The molecule has 9 heteroatoms. The number of rotatable bonds is 9. The van der Waals surface area contributed by atoms with Gasteiger partial charge in [0.05, 0.1) is 19.3 Å². The summed E-state index contributed by atoms with van der Waals surface area (Å²) in [4.78, 5) is 11.8. The van der Waals surface area contributed by atoms with Crippen LogP contribution in [0.5, 0.6) is 5.75 Å². The Labute approximate surface area is 184 Å². The van der Waals surface area contributed by atoms with Gasteiger partial charge in [-0.15, -0.1) is 10.2 Å². The fourth-order valence-electron chi connectivity index (χ4n) is 2.84. The number of hydrogen-bond acceptors (Lipinski definition) is 6. The highest BCUT2D eigenvalue weighted by atomic mass is 35.5. The number of methoxy groups -OCH3 is 2. The largest absolute Gasteiger partial charge is 0.497 e. The Bertz CT molecular complexity index is 1030. The number of amides is 1. The lowest BCUT2D eigenvalue weighted by atomic mass is 10.2. The first kappa shape index (κ1) is 22.1. The van der Waals surface area contributed by atoms with Crippen LogP contribution in [-0.4, -0.2) is 41.5 Å². The Kier molecular flexibility index (Phi) is 7.73.